The van der Waals surface area contributed by atoms with E-state index in [-0.39, 0.29) is 18.0 Å². The summed E-state index contributed by atoms with van der Waals surface area (Å²) in [5.74, 6) is 0.113. The van der Waals surface area contributed by atoms with Crippen molar-refractivity contribution in [1.29, 1.82) is 0 Å². The molecule has 2 N–H and O–H groups in total. The van der Waals surface area contributed by atoms with Crippen molar-refractivity contribution in [2.24, 2.45) is 0 Å². The Bertz CT molecular complexity index is 416. The average molecular weight is 311 g/mol. The molecule has 0 radical (unpaired) electrons. The van der Waals surface area contributed by atoms with Crippen LogP contribution in [0.5, 0.6) is 0 Å². The number of benzene rings is 1. The largest absolute Gasteiger partial charge is 0.348 e. The molecule has 98 valence electrons. The van der Waals surface area contributed by atoms with Crippen LogP contribution < -0.4 is 10.6 Å². The molecule has 0 spiro atoms. The van der Waals surface area contributed by atoms with Crippen LogP contribution in [-0.4, -0.2) is 18.5 Å². The predicted octanol–water partition coefficient (Wildman–Crippen LogP) is 2.77. The van der Waals surface area contributed by atoms with Gasteiger partial charge in [0.05, 0.1) is 12.1 Å². The van der Waals surface area contributed by atoms with Crippen LogP contribution in [0.2, 0.25) is 0 Å². The van der Waals surface area contributed by atoms with E-state index in [0.717, 1.165) is 29.4 Å². The first-order valence-electron chi connectivity index (χ1n) is 6.46. The highest BCUT2D eigenvalue weighted by Crippen LogP contribution is 2.18. The van der Waals surface area contributed by atoms with Crippen LogP contribution in [0.3, 0.4) is 0 Å². The minimum absolute atomic E-state index is 0.0200. The normalized spacial score (nSPS) is 21.3. The molecule has 1 aliphatic heterocycles. The molecule has 4 heteroatoms. The first-order valence-corrected chi connectivity index (χ1v) is 7.25. The molecule has 1 fully saturated rings. The third kappa shape index (κ3) is 3.56. The number of carbonyl (C=O) groups excluding carboxylic acids is 1. The van der Waals surface area contributed by atoms with E-state index in [4.69, 9.17) is 0 Å². The van der Waals surface area contributed by atoms with Crippen molar-refractivity contribution >= 4 is 21.8 Å². The fourth-order valence-corrected chi connectivity index (χ4v) is 2.67. The minimum Gasteiger partial charge on any atom is -0.348 e. The van der Waals surface area contributed by atoms with Crippen molar-refractivity contribution in [1.82, 2.24) is 10.6 Å². The Morgan fingerprint density at radius 2 is 2.33 bits per heavy atom. The molecule has 0 aliphatic carbocycles. The minimum atomic E-state index is -0.0200. The van der Waals surface area contributed by atoms with Gasteiger partial charge < -0.3 is 10.6 Å². The molecule has 0 bridgehead atoms. The third-order valence-corrected chi connectivity index (χ3v) is 3.83. The smallest absolute Gasteiger partial charge is 0.237 e. The number of amides is 1. The maximum Gasteiger partial charge on any atom is 0.237 e. The SMILES string of the molecule is CC(NC(=O)C1CCCCN1)c1cccc(Br)c1. The topological polar surface area (TPSA) is 41.1 Å². The average Bonchev–Trinajstić information content (AvgIpc) is 2.39. The van der Waals surface area contributed by atoms with Crippen molar-refractivity contribution in [3.8, 4) is 0 Å². The molecule has 3 nitrogen and oxygen atoms in total. The van der Waals surface area contributed by atoms with Crippen LogP contribution in [0.4, 0.5) is 0 Å². The number of hydrogen-bond donors (Lipinski definition) is 2. The van der Waals surface area contributed by atoms with E-state index in [0.29, 0.717) is 0 Å². The van der Waals surface area contributed by atoms with Crippen molar-refractivity contribution < 1.29 is 4.79 Å². The van der Waals surface area contributed by atoms with Gasteiger partial charge in [-0.25, -0.2) is 0 Å². The first-order chi connectivity index (χ1) is 8.66. The van der Waals surface area contributed by atoms with Gasteiger partial charge in [-0.3, -0.25) is 4.79 Å². The lowest BCUT2D eigenvalue weighted by atomic mass is 10.0. The lowest BCUT2D eigenvalue weighted by Crippen LogP contribution is -2.47. The molecular formula is C14H19BrN2O. The van der Waals surface area contributed by atoms with Crippen molar-refractivity contribution in [2.45, 2.75) is 38.3 Å². The highest BCUT2D eigenvalue weighted by Gasteiger charge is 2.21. The molecule has 1 aliphatic rings. The van der Waals surface area contributed by atoms with E-state index in [1.165, 1.54) is 6.42 Å². The molecule has 1 amide bonds. The van der Waals surface area contributed by atoms with Gasteiger partial charge in [0, 0.05) is 4.47 Å². The van der Waals surface area contributed by atoms with Gasteiger partial charge in [0.15, 0.2) is 0 Å². The summed E-state index contributed by atoms with van der Waals surface area (Å²) < 4.78 is 1.04. The third-order valence-electron chi connectivity index (χ3n) is 3.33. The van der Waals surface area contributed by atoms with Crippen LogP contribution in [0.15, 0.2) is 28.7 Å². The molecular weight excluding hydrogens is 292 g/mol. The van der Waals surface area contributed by atoms with Gasteiger partial charge in [-0.05, 0) is 44.0 Å². The van der Waals surface area contributed by atoms with E-state index in [1.54, 1.807) is 0 Å². The molecule has 2 rings (SSSR count). The van der Waals surface area contributed by atoms with Crippen LogP contribution in [0.25, 0.3) is 0 Å². The number of halogens is 1. The van der Waals surface area contributed by atoms with Gasteiger partial charge in [-0.1, -0.05) is 34.5 Å². The van der Waals surface area contributed by atoms with Gasteiger partial charge in [0.2, 0.25) is 5.91 Å². The fourth-order valence-electron chi connectivity index (χ4n) is 2.25. The van der Waals surface area contributed by atoms with Gasteiger partial charge in [0.25, 0.3) is 0 Å². The maximum absolute atomic E-state index is 12.1. The second-order valence-corrected chi connectivity index (χ2v) is 5.70. The second kappa shape index (κ2) is 6.34. The standard InChI is InChI=1S/C14H19BrN2O/c1-10(11-5-4-6-12(15)9-11)17-14(18)13-7-2-3-8-16-13/h4-6,9-10,13,16H,2-3,7-8H2,1H3,(H,17,18). The Morgan fingerprint density at radius 1 is 1.50 bits per heavy atom. The number of rotatable bonds is 3. The Kier molecular flexibility index (Phi) is 4.78. The zero-order valence-corrected chi connectivity index (χ0v) is 12.2. The van der Waals surface area contributed by atoms with E-state index >= 15 is 0 Å². The summed E-state index contributed by atoms with van der Waals surface area (Å²) in [5, 5.41) is 6.34. The van der Waals surface area contributed by atoms with Crippen LogP contribution in [0, 0.1) is 0 Å². The number of nitrogens with one attached hydrogen (secondary N) is 2. The van der Waals surface area contributed by atoms with E-state index < -0.39 is 0 Å². The summed E-state index contributed by atoms with van der Waals surface area (Å²) >= 11 is 3.45. The summed E-state index contributed by atoms with van der Waals surface area (Å²) in [6, 6.07) is 8.07. The quantitative estimate of drug-likeness (QED) is 0.901. The van der Waals surface area contributed by atoms with Crippen molar-refractivity contribution in [3.05, 3.63) is 34.3 Å². The number of piperidine rings is 1. The van der Waals surface area contributed by atoms with Crippen LogP contribution in [-0.2, 0) is 4.79 Å². The highest BCUT2D eigenvalue weighted by atomic mass is 79.9. The molecule has 0 aromatic heterocycles. The summed E-state index contributed by atoms with van der Waals surface area (Å²) in [6.45, 7) is 2.96. The fraction of sp³-hybridized carbons (Fsp3) is 0.500. The zero-order chi connectivity index (χ0) is 13.0. The maximum atomic E-state index is 12.1. The second-order valence-electron chi connectivity index (χ2n) is 4.79. The number of carbonyl (C=O) groups is 1. The molecule has 1 saturated heterocycles. The molecule has 0 saturated carbocycles. The van der Waals surface area contributed by atoms with E-state index in [9.17, 15) is 4.79 Å². The van der Waals surface area contributed by atoms with E-state index in [1.807, 2.05) is 31.2 Å². The monoisotopic (exact) mass is 310 g/mol. The van der Waals surface area contributed by atoms with E-state index in [2.05, 4.69) is 26.6 Å². The Morgan fingerprint density at radius 3 is 3.00 bits per heavy atom. The van der Waals surface area contributed by atoms with Gasteiger partial charge >= 0.3 is 0 Å². The number of hydrogen-bond acceptors (Lipinski definition) is 2. The lowest BCUT2D eigenvalue weighted by molar-refractivity contribution is -0.124. The molecule has 1 aromatic carbocycles. The van der Waals surface area contributed by atoms with Crippen LogP contribution in [0.1, 0.15) is 37.8 Å². The summed E-state index contributed by atoms with van der Waals surface area (Å²) in [7, 11) is 0. The van der Waals surface area contributed by atoms with Crippen molar-refractivity contribution in [2.75, 3.05) is 6.54 Å². The zero-order valence-electron chi connectivity index (χ0n) is 10.6. The van der Waals surface area contributed by atoms with Crippen LogP contribution >= 0.6 is 15.9 Å². The summed E-state index contributed by atoms with van der Waals surface area (Å²) in [6.07, 6.45) is 3.25. The Balaban J connectivity index is 1.94. The highest BCUT2D eigenvalue weighted by molar-refractivity contribution is 9.10. The van der Waals surface area contributed by atoms with Gasteiger partial charge in [-0.2, -0.15) is 0 Å². The lowest BCUT2D eigenvalue weighted by Gasteiger charge is -2.24. The predicted molar refractivity (Wildman–Crippen MR) is 76.3 cm³/mol. The Hall–Kier alpha value is -0.870. The molecule has 18 heavy (non-hydrogen) atoms. The van der Waals surface area contributed by atoms with Crippen molar-refractivity contribution in [3.63, 3.8) is 0 Å². The molecule has 2 atom stereocenters. The van der Waals surface area contributed by atoms with Gasteiger partial charge in [-0.15, -0.1) is 0 Å². The Labute approximate surface area is 116 Å². The molecule has 1 heterocycles. The summed E-state index contributed by atoms with van der Waals surface area (Å²) in [4.78, 5) is 12.1. The van der Waals surface area contributed by atoms with Gasteiger partial charge in [0.1, 0.15) is 0 Å². The molecule has 2 unspecified atom stereocenters. The molecule has 1 aromatic rings. The first kappa shape index (κ1) is 13.6. The summed E-state index contributed by atoms with van der Waals surface area (Å²) in [5.41, 5.74) is 1.12.